The van der Waals surface area contributed by atoms with Gasteiger partial charge in [-0.2, -0.15) is 0 Å². The molecule has 1 rings (SSSR count). The molecule has 1 aliphatic rings. The molecule has 0 unspecified atom stereocenters. The van der Waals surface area contributed by atoms with Crippen LogP contribution in [-0.2, 0) is 4.79 Å². The molecule has 2 nitrogen and oxygen atoms in total. The summed E-state index contributed by atoms with van der Waals surface area (Å²) >= 11 is 0. The van der Waals surface area contributed by atoms with Crippen LogP contribution in [0.15, 0.2) is 16.6 Å². The predicted molar refractivity (Wildman–Crippen MR) is 27.5 cm³/mol. The second-order valence-electron chi connectivity index (χ2n) is 1.35. The molecule has 7 heavy (non-hydrogen) atoms. The van der Waals surface area contributed by atoms with E-state index in [0.29, 0.717) is 6.54 Å². The Hall–Kier alpha value is -0.920. The minimum Gasteiger partial charge on any atom is -0.298 e. The fourth-order valence-corrected chi connectivity index (χ4v) is 0.436. The van der Waals surface area contributed by atoms with Gasteiger partial charge in [0.1, 0.15) is 6.29 Å². The average molecular weight is 95.1 g/mol. The van der Waals surface area contributed by atoms with Gasteiger partial charge in [-0.25, -0.2) is 0 Å². The lowest BCUT2D eigenvalue weighted by atomic mass is 10.3. The highest BCUT2D eigenvalue weighted by Gasteiger charge is 1.93. The van der Waals surface area contributed by atoms with Crippen LogP contribution in [0.4, 0.5) is 0 Å². The van der Waals surface area contributed by atoms with E-state index in [2.05, 4.69) is 4.99 Å². The number of nitrogens with zero attached hydrogens (tertiary/aromatic N) is 1. The molecule has 1 aliphatic heterocycles. The van der Waals surface area contributed by atoms with E-state index in [1.807, 2.05) is 0 Å². The van der Waals surface area contributed by atoms with Crippen LogP contribution in [0.2, 0.25) is 0 Å². The third-order valence-corrected chi connectivity index (χ3v) is 0.819. The molecule has 0 spiro atoms. The summed E-state index contributed by atoms with van der Waals surface area (Å²) in [5, 5.41) is 0. The van der Waals surface area contributed by atoms with Gasteiger partial charge in [0.25, 0.3) is 0 Å². The van der Waals surface area contributed by atoms with Crippen LogP contribution < -0.4 is 0 Å². The zero-order valence-electron chi connectivity index (χ0n) is 3.79. The van der Waals surface area contributed by atoms with Gasteiger partial charge in [-0.1, -0.05) is 0 Å². The molecular formula is C5H5NO. The molecule has 0 saturated carbocycles. The van der Waals surface area contributed by atoms with Crippen molar-refractivity contribution >= 4 is 12.5 Å². The number of aliphatic imine (C=N–C) groups is 1. The van der Waals surface area contributed by atoms with Crippen LogP contribution in [-0.4, -0.2) is 19.0 Å². The first-order valence-corrected chi connectivity index (χ1v) is 2.07. The maximum atomic E-state index is 9.86. The Balaban J connectivity index is 2.61. The highest BCUT2D eigenvalue weighted by atomic mass is 16.1. The molecule has 0 bridgehead atoms. The summed E-state index contributed by atoms with van der Waals surface area (Å²) in [6, 6.07) is 0. The van der Waals surface area contributed by atoms with E-state index in [-0.39, 0.29) is 0 Å². The van der Waals surface area contributed by atoms with Crippen LogP contribution in [0.3, 0.4) is 0 Å². The summed E-state index contributed by atoms with van der Waals surface area (Å²) < 4.78 is 0. The fourth-order valence-electron chi connectivity index (χ4n) is 0.436. The molecule has 36 valence electrons. The van der Waals surface area contributed by atoms with Gasteiger partial charge < -0.3 is 0 Å². The van der Waals surface area contributed by atoms with Crippen LogP contribution in [0.1, 0.15) is 0 Å². The first kappa shape index (κ1) is 4.24. The van der Waals surface area contributed by atoms with Gasteiger partial charge in [0.15, 0.2) is 0 Å². The van der Waals surface area contributed by atoms with E-state index in [4.69, 9.17) is 0 Å². The summed E-state index contributed by atoms with van der Waals surface area (Å²) in [5.74, 6) is 0. The lowest BCUT2D eigenvalue weighted by molar-refractivity contribution is -0.104. The van der Waals surface area contributed by atoms with E-state index < -0.39 is 0 Å². The number of carbonyl (C=O) groups excluding carboxylic acids is 1. The smallest absolute Gasteiger partial charge is 0.147 e. The van der Waals surface area contributed by atoms with E-state index in [1.165, 1.54) is 0 Å². The van der Waals surface area contributed by atoms with Gasteiger partial charge in [-0.15, -0.1) is 0 Å². The van der Waals surface area contributed by atoms with Crippen molar-refractivity contribution in [3.05, 3.63) is 11.6 Å². The molecule has 1 heterocycles. The first-order valence-electron chi connectivity index (χ1n) is 2.07. The standard InChI is InChI=1S/C5H5NO/c7-4-5-1-2-6-3-5/h1-2,4H,3H2. The van der Waals surface area contributed by atoms with Gasteiger partial charge in [-0.05, 0) is 6.08 Å². The van der Waals surface area contributed by atoms with Gasteiger partial charge in [0.2, 0.25) is 0 Å². The Labute approximate surface area is 41.6 Å². The predicted octanol–water partition coefficient (Wildman–Crippen LogP) is 0.196. The van der Waals surface area contributed by atoms with Crippen LogP contribution in [0.5, 0.6) is 0 Å². The molecule has 0 amide bonds. The zero-order valence-corrected chi connectivity index (χ0v) is 3.79. The van der Waals surface area contributed by atoms with Gasteiger partial charge >= 0.3 is 0 Å². The highest BCUT2D eigenvalue weighted by Crippen LogP contribution is 1.93. The van der Waals surface area contributed by atoms with Gasteiger partial charge in [-0.3, -0.25) is 9.79 Å². The van der Waals surface area contributed by atoms with Crippen molar-refractivity contribution in [2.75, 3.05) is 6.54 Å². The summed E-state index contributed by atoms with van der Waals surface area (Å²) in [5.41, 5.74) is 0.764. The summed E-state index contributed by atoms with van der Waals surface area (Å²) in [6.07, 6.45) is 4.18. The topological polar surface area (TPSA) is 29.4 Å². The molecular weight excluding hydrogens is 90.1 g/mol. The third-order valence-electron chi connectivity index (χ3n) is 0.819. The van der Waals surface area contributed by atoms with Crippen molar-refractivity contribution in [3.8, 4) is 0 Å². The van der Waals surface area contributed by atoms with E-state index in [0.717, 1.165) is 11.9 Å². The lowest BCUT2D eigenvalue weighted by Crippen LogP contribution is -1.81. The number of hydrogen-bond acceptors (Lipinski definition) is 2. The SMILES string of the molecule is O=CC1=CC=NC1. The minimum atomic E-state index is 0.573. The molecule has 0 atom stereocenters. The largest absolute Gasteiger partial charge is 0.298 e. The summed E-state index contributed by atoms with van der Waals surface area (Å²) in [7, 11) is 0. The number of rotatable bonds is 1. The Bertz CT molecular complexity index is 135. The summed E-state index contributed by atoms with van der Waals surface area (Å²) in [6.45, 7) is 0.573. The average Bonchev–Trinajstić information content (AvgIpc) is 2.14. The van der Waals surface area contributed by atoms with Crippen molar-refractivity contribution in [2.24, 2.45) is 4.99 Å². The van der Waals surface area contributed by atoms with Gasteiger partial charge in [0, 0.05) is 11.8 Å². The quantitative estimate of drug-likeness (QED) is 0.427. The Morgan fingerprint density at radius 3 is 3.00 bits per heavy atom. The number of hydrogen-bond donors (Lipinski definition) is 0. The fraction of sp³-hybridized carbons (Fsp3) is 0.200. The molecule has 0 aromatic rings. The van der Waals surface area contributed by atoms with Crippen LogP contribution in [0, 0.1) is 0 Å². The molecule has 0 aliphatic carbocycles. The number of allylic oxidation sites excluding steroid dienone is 1. The maximum absolute atomic E-state index is 9.86. The van der Waals surface area contributed by atoms with Crippen LogP contribution >= 0.6 is 0 Å². The van der Waals surface area contributed by atoms with E-state index >= 15 is 0 Å². The normalized spacial score (nSPS) is 16.9. The third kappa shape index (κ3) is 0.738. The monoisotopic (exact) mass is 95.0 g/mol. The second kappa shape index (κ2) is 1.69. The first-order chi connectivity index (χ1) is 3.43. The van der Waals surface area contributed by atoms with Crippen molar-refractivity contribution in [3.63, 3.8) is 0 Å². The zero-order chi connectivity index (χ0) is 5.11. The molecule has 0 radical (unpaired) electrons. The second-order valence-corrected chi connectivity index (χ2v) is 1.35. The maximum Gasteiger partial charge on any atom is 0.147 e. The Morgan fingerprint density at radius 1 is 1.86 bits per heavy atom. The molecule has 2 heteroatoms. The van der Waals surface area contributed by atoms with Gasteiger partial charge in [0.05, 0.1) is 6.54 Å². The van der Waals surface area contributed by atoms with Crippen molar-refractivity contribution in [2.45, 2.75) is 0 Å². The highest BCUT2D eigenvalue weighted by molar-refractivity contribution is 5.87. The van der Waals surface area contributed by atoms with Crippen molar-refractivity contribution < 1.29 is 4.79 Å². The lowest BCUT2D eigenvalue weighted by Gasteiger charge is -1.77. The molecule has 0 fully saturated rings. The Morgan fingerprint density at radius 2 is 2.71 bits per heavy atom. The molecule has 0 N–H and O–H groups in total. The van der Waals surface area contributed by atoms with Crippen molar-refractivity contribution in [1.82, 2.24) is 0 Å². The summed E-state index contributed by atoms with van der Waals surface area (Å²) in [4.78, 5) is 13.6. The molecule has 0 saturated heterocycles. The van der Waals surface area contributed by atoms with E-state index in [1.54, 1.807) is 12.3 Å². The minimum absolute atomic E-state index is 0.573. The van der Waals surface area contributed by atoms with Crippen LogP contribution in [0.25, 0.3) is 0 Å². The van der Waals surface area contributed by atoms with Crippen molar-refractivity contribution in [1.29, 1.82) is 0 Å². The Kier molecular flexibility index (Phi) is 1.02. The number of aldehydes is 1. The van der Waals surface area contributed by atoms with E-state index in [9.17, 15) is 4.79 Å². The number of carbonyl (C=O) groups is 1. The molecule has 0 aromatic heterocycles. The molecule has 0 aromatic carbocycles.